The number of hydrogen-bond acceptors (Lipinski definition) is 3. The number of carboxylic acids is 1. The van der Waals surface area contributed by atoms with Gasteiger partial charge in [-0.2, -0.15) is 0 Å². The average molecular weight is 216 g/mol. The number of rotatable bonds is 2. The van der Waals surface area contributed by atoms with Gasteiger partial charge < -0.3 is 13.9 Å². The predicted molar refractivity (Wildman–Crippen MR) is 57.3 cm³/mol. The van der Waals surface area contributed by atoms with Crippen molar-refractivity contribution in [2.45, 2.75) is 6.42 Å². The van der Waals surface area contributed by atoms with E-state index in [4.69, 9.17) is 13.9 Å². The van der Waals surface area contributed by atoms with Gasteiger partial charge in [-0.1, -0.05) is 0 Å². The van der Waals surface area contributed by atoms with Crippen LogP contribution in [0.5, 0.6) is 0 Å². The number of hydrogen-bond donors (Lipinski definition) is 1. The fourth-order valence-electron chi connectivity index (χ4n) is 1.95. The van der Waals surface area contributed by atoms with E-state index in [0.29, 0.717) is 16.7 Å². The molecule has 3 aromatic rings. The Labute approximate surface area is 90.1 Å². The summed E-state index contributed by atoms with van der Waals surface area (Å²) in [7, 11) is 0. The summed E-state index contributed by atoms with van der Waals surface area (Å²) in [6.07, 6.45) is 3.03. The first-order chi connectivity index (χ1) is 7.75. The minimum atomic E-state index is -0.883. The molecule has 1 N–H and O–H groups in total. The lowest BCUT2D eigenvalue weighted by Crippen LogP contribution is -2.00. The molecule has 0 atom stereocenters. The second kappa shape index (κ2) is 3.13. The van der Waals surface area contributed by atoms with Crippen LogP contribution in [0.25, 0.3) is 21.9 Å². The first-order valence-electron chi connectivity index (χ1n) is 4.84. The van der Waals surface area contributed by atoms with Crippen molar-refractivity contribution in [3.05, 3.63) is 36.3 Å². The molecule has 0 saturated heterocycles. The number of carboxylic acid groups (broad SMARTS) is 1. The summed E-state index contributed by atoms with van der Waals surface area (Å²) in [6.45, 7) is 0. The molecule has 3 rings (SSSR count). The van der Waals surface area contributed by atoms with Crippen molar-refractivity contribution in [3.8, 4) is 0 Å². The van der Waals surface area contributed by atoms with Crippen LogP contribution < -0.4 is 0 Å². The Kier molecular flexibility index (Phi) is 1.77. The van der Waals surface area contributed by atoms with Crippen LogP contribution in [0, 0.1) is 0 Å². The number of fused-ring (bicyclic) bond motifs is 2. The van der Waals surface area contributed by atoms with Crippen LogP contribution in [0.2, 0.25) is 0 Å². The lowest BCUT2D eigenvalue weighted by atomic mass is 10.0. The van der Waals surface area contributed by atoms with E-state index >= 15 is 0 Å². The smallest absolute Gasteiger partial charge is 0.307 e. The van der Waals surface area contributed by atoms with Gasteiger partial charge in [0.1, 0.15) is 11.2 Å². The van der Waals surface area contributed by atoms with Gasteiger partial charge in [-0.25, -0.2) is 0 Å². The van der Waals surface area contributed by atoms with Gasteiger partial charge in [0.2, 0.25) is 0 Å². The molecule has 4 nitrogen and oxygen atoms in total. The van der Waals surface area contributed by atoms with Crippen molar-refractivity contribution in [1.29, 1.82) is 0 Å². The van der Waals surface area contributed by atoms with E-state index in [2.05, 4.69) is 0 Å². The molecular formula is C12H8O4. The van der Waals surface area contributed by atoms with Crippen LogP contribution in [-0.4, -0.2) is 11.1 Å². The molecule has 0 bridgehead atoms. The molecule has 0 spiro atoms. The number of carbonyl (C=O) groups is 1. The lowest BCUT2D eigenvalue weighted by Gasteiger charge is -2.00. The molecule has 0 fully saturated rings. The average Bonchev–Trinajstić information content (AvgIpc) is 2.83. The summed E-state index contributed by atoms with van der Waals surface area (Å²) in [4.78, 5) is 10.8. The molecule has 16 heavy (non-hydrogen) atoms. The summed E-state index contributed by atoms with van der Waals surface area (Å²) in [5, 5.41) is 10.5. The van der Waals surface area contributed by atoms with Gasteiger partial charge >= 0.3 is 5.97 Å². The van der Waals surface area contributed by atoms with E-state index in [1.807, 2.05) is 6.07 Å². The third-order valence-electron chi connectivity index (χ3n) is 2.60. The van der Waals surface area contributed by atoms with E-state index in [0.717, 1.165) is 10.8 Å². The van der Waals surface area contributed by atoms with Crippen LogP contribution in [0.4, 0.5) is 0 Å². The largest absolute Gasteiger partial charge is 0.481 e. The minimum absolute atomic E-state index is 0.0686. The van der Waals surface area contributed by atoms with Gasteiger partial charge in [0.15, 0.2) is 0 Å². The fraction of sp³-hybridized carbons (Fsp3) is 0.0833. The Balaban J connectivity index is 2.41. The minimum Gasteiger partial charge on any atom is -0.481 e. The Bertz CT molecular complexity index is 626. The van der Waals surface area contributed by atoms with E-state index in [9.17, 15) is 4.79 Å². The van der Waals surface area contributed by atoms with Gasteiger partial charge in [-0.15, -0.1) is 0 Å². The predicted octanol–water partition coefficient (Wildman–Crippen LogP) is 2.81. The molecule has 0 aliphatic heterocycles. The highest BCUT2D eigenvalue weighted by molar-refractivity contribution is 5.99. The molecule has 0 aliphatic rings. The normalized spacial score (nSPS) is 11.2. The fourth-order valence-corrected chi connectivity index (χ4v) is 1.95. The van der Waals surface area contributed by atoms with Crippen LogP contribution in [-0.2, 0) is 11.2 Å². The molecule has 80 valence electrons. The molecule has 2 aromatic heterocycles. The first kappa shape index (κ1) is 9.03. The summed E-state index contributed by atoms with van der Waals surface area (Å²) >= 11 is 0. The molecule has 2 heterocycles. The first-order valence-corrected chi connectivity index (χ1v) is 4.84. The van der Waals surface area contributed by atoms with Gasteiger partial charge in [0.25, 0.3) is 0 Å². The van der Waals surface area contributed by atoms with Gasteiger partial charge in [0.05, 0.1) is 18.9 Å². The van der Waals surface area contributed by atoms with Crippen LogP contribution in [0.1, 0.15) is 5.56 Å². The van der Waals surface area contributed by atoms with Crippen molar-refractivity contribution >= 4 is 27.9 Å². The van der Waals surface area contributed by atoms with Crippen molar-refractivity contribution in [1.82, 2.24) is 0 Å². The molecular weight excluding hydrogens is 208 g/mol. The second-order valence-corrected chi connectivity index (χ2v) is 3.60. The van der Waals surface area contributed by atoms with E-state index in [1.165, 1.54) is 0 Å². The zero-order valence-electron chi connectivity index (χ0n) is 8.27. The molecule has 0 saturated carbocycles. The molecule has 0 radical (unpaired) electrons. The number of aliphatic carboxylic acids is 1. The summed E-state index contributed by atoms with van der Waals surface area (Å²) < 4.78 is 10.6. The molecule has 0 aliphatic carbocycles. The highest BCUT2D eigenvalue weighted by Gasteiger charge is 2.14. The topological polar surface area (TPSA) is 63.6 Å². The zero-order valence-corrected chi connectivity index (χ0v) is 8.27. The molecule has 4 heteroatoms. The Morgan fingerprint density at radius 1 is 1.25 bits per heavy atom. The van der Waals surface area contributed by atoms with E-state index in [-0.39, 0.29) is 6.42 Å². The van der Waals surface area contributed by atoms with Gasteiger partial charge in [-0.3, -0.25) is 4.79 Å². The van der Waals surface area contributed by atoms with Crippen LogP contribution in [0.15, 0.2) is 39.6 Å². The van der Waals surface area contributed by atoms with E-state index < -0.39 is 5.97 Å². The Hall–Kier alpha value is -2.23. The second-order valence-electron chi connectivity index (χ2n) is 3.60. The monoisotopic (exact) mass is 216 g/mol. The van der Waals surface area contributed by atoms with E-state index in [1.54, 1.807) is 24.7 Å². The zero-order chi connectivity index (χ0) is 11.1. The highest BCUT2D eigenvalue weighted by Crippen LogP contribution is 2.30. The standard InChI is InChI=1S/C12H8O4/c13-11(14)6-9-8-2-4-15-10(8)5-7-1-3-16-12(7)9/h1-5H,6H2,(H,13,14). The van der Waals surface area contributed by atoms with Crippen molar-refractivity contribution < 1.29 is 18.7 Å². The number of benzene rings is 1. The van der Waals surface area contributed by atoms with Crippen LogP contribution in [0.3, 0.4) is 0 Å². The SMILES string of the molecule is O=C(O)Cc1c2ccoc2cc2ccoc12. The maximum Gasteiger partial charge on any atom is 0.307 e. The summed E-state index contributed by atoms with van der Waals surface area (Å²) in [5.41, 5.74) is 1.97. The maximum absolute atomic E-state index is 10.8. The summed E-state index contributed by atoms with van der Waals surface area (Å²) in [5.74, 6) is -0.883. The van der Waals surface area contributed by atoms with Crippen LogP contribution >= 0.6 is 0 Å². The van der Waals surface area contributed by atoms with Crippen molar-refractivity contribution in [3.63, 3.8) is 0 Å². The van der Waals surface area contributed by atoms with Gasteiger partial charge in [0, 0.05) is 16.3 Å². The van der Waals surface area contributed by atoms with Crippen molar-refractivity contribution in [2.75, 3.05) is 0 Å². The lowest BCUT2D eigenvalue weighted by molar-refractivity contribution is -0.136. The van der Waals surface area contributed by atoms with Crippen molar-refractivity contribution in [2.24, 2.45) is 0 Å². The number of furan rings is 2. The molecule has 0 amide bonds. The molecule has 1 aromatic carbocycles. The molecule has 0 unspecified atom stereocenters. The summed E-state index contributed by atoms with van der Waals surface area (Å²) in [6, 6.07) is 5.40. The third-order valence-corrected chi connectivity index (χ3v) is 2.60. The highest BCUT2D eigenvalue weighted by atomic mass is 16.4. The van der Waals surface area contributed by atoms with Gasteiger partial charge in [-0.05, 0) is 18.2 Å². The quantitative estimate of drug-likeness (QED) is 0.715. The maximum atomic E-state index is 10.8. The third kappa shape index (κ3) is 1.20. The Morgan fingerprint density at radius 2 is 2.06 bits per heavy atom. The Morgan fingerprint density at radius 3 is 2.88 bits per heavy atom.